The van der Waals surface area contributed by atoms with Gasteiger partial charge in [-0.15, -0.1) is 0 Å². The maximum Gasteiger partial charge on any atom is 0.251 e. The molecule has 1 heterocycles. The van der Waals surface area contributed by atoms with Crippen LogP contribution in [0.15, 0.2) is 41.1 Å². The van der Waals surface area contributed by atoms with Crippen molar-refractivity contribution in [1.29, 1.82) is 0 Å². The molecule has 0 aliphatic rings. The predicted octanol–water partition coefficient (Wildman–Crippen LogP) is 3.61. The van der Waals surface area contributed by atoms with Gasteiger partial charge in [0, 0.05) is 17.3 Å². The molecular formula is C14H11BrF2N2O. The van der Waals surface area contributed by atoms with E-state index in [4.69, 9.17) is 0 Å². The minimum atomic E-state index is -0.648. The highest BCUT2D eigenvalue weighted by atomic mass is 79.9. The normalized spacial score (nSPS) is 12.0. The minimum absolute atomic E-state index is 0.103. The molecule has 0 bridgehead atoms. The van der Waals surface area contributed by atoms with E-state index in [1.807, 2.05) is 0 Å². The van der Waals surface area contributed by atoms with Gasteiger partial charge in [-0.25, -0.2) is 13.8 Å². The average molecular weight is 341 g/mol. The van der Waals surface area contributed by atoms with E-state index in [0.29, 0.717) is 10.2 Å². The van der Waals surface area contributed by atoms with Crippen molar-refractivity contribution in [2.75, 3.05) is 0 Å². The second-order valence-electron chi connectivity index (χ2n) is 4.23. The summed E-state index contributed by atoms with van der Waals surface area (Å²) in [5, 5.41) is 2.61. The highest BCUT2D eigenvalue weighted by Crippen LogP contribution is 2.18. The molecule has 2 rings (SSSR count). The molecule has 0 radical (unpaired) electrons. The standard InChI is InChI=1S/C14H11BrF2N2O/c1-8(11-7-10(16)2-3-12(11)17)19-14(20)9-4-5-18-13(15)6-9/h2-8H,1H3,(H,19,20). The maximum atomic E-state index is 13.6. The van der Waals surface area contributed by atoms with Gasteiger partial charge in [0.1, 0.15) is 16.2 Å². The third-order valence-corrected chi connectivity index (χ3v) is 3.19. The molecule has 1 N–H and O–H groups in total. The summed E-state index contributed by atoms with van der Waals surface area (Å²) in [7, 11) is 0. The summed E-state index contributed by atoms with van der Waals surface area (Å²) in [6.45, 7) is 1.59. The van der Waals surface area contributed by atoms with Gasteiger partial charge in [0.15, 0.2) is 0 Å². The first-order valence-electron chi connectivity index (χ1n) is 5.84. The molecule has 0 saturated heterocycles. The summed E-state index contributed by atoms with van der Waals surface area (Å²) in [5.41, 5.74) is 0.488. The fraction of sp³-hybridized carbons (Fsp3) is 0.143. The van der Waals surface area contributed by atoms with E-state index >= 15 is 0 Å². The maximum absolute atomic E-state index is 13.6. The van der Waals surface area contributed by atoms with Gasteiger partial charge < -0.3 is 5.32 Å². The summed E-state index contributed by atoms with van der Waals surface area (Å²) in [5.74, 6) is -1.49. The fourth-order valence-electron chi connectivity index (χ4n) is 1.75. The lowest BCUT2D eigenvalue weighted by molar-refractivity contribution is 0.0939. The summed E-state index contributed by atoms with van der Waals surface area (Å²) >= 11 is 3.16. The van der Waals surface area contributed by atoms with Crippen LogP contribution in [0, 0.1) is 11.6 Å². The van der Waals surface area contributed by atoms with E-state index in [2.05, 4.69) is 26.2 Å². The molecule has 1 atom stereocenters. The lowest BCUT2D eigenvalue weighted by Gasteiger charge is -2.15. The molecule has 2 aromatic rings. The van der Waals surface area contributed by atoms with Crippen molar-refractivity contribution < 1.29 is 13.6 Å². The first-order chi connectivity index (χ1) is 9.47. The average Bonchev–Trinajstić information content (AvgIpc) is 2.41. The second-order valence-corrected chi connectivity index (χ2v) is 5.04. The zero-order valence-electron chi connectivity index (χ0n) is 10.5. The third-order valence-electron chi connectivity index (χ3n) is 2.76. The van der Waals surface area contributed by atoms with Crippen LogP contribution in [-0.2, 0) is 0 Å². The van der Waals surface area contributed by atoms with Gasteiger partial charge in [-0.3, -0.25) is 4.79 Å². The Morgan fingerprint density at radius 1 is 1.30 bits per heavy atom. The van der Waals surface area contributed by atoms with Crippen molar-refractivity contribution in [2.45, 2.75) is 13.0 Å². The number of hydrogen-bond donors (Lipinski definition) is 1. The van der Waals surface area contributed by atoms with E-state index < -0.39 is 17.7 Å². The molecular weight excluding hydrogens is 330 g/mol. The molecule has 104 valence electrons. The molecule has 1 aromatic heterocycles. The van der Waals surface area contributed by atoms with Crippen molar-refractivity contribution in [3.63, 3.8) is 0 Å². The molecule has 20 heavy (non-hydrogen) atoms. The van der Waals surface area contributed by atoms with Crippen molar-refractivity contribution in [3.05, 3.63) is 63.9 Å². The fourth-order valence-corrected chi connectivity index (χ4v) is 2.11. The Morgan fingerprint density at radius 2 is 2.05 bits per heavy atom. The molecule has 0 saturated carbocycles. The van der Waals surface area contributed by atoms with Gasteiger partial charge in [-0.05, 0) is 53.2 Å². The number of carbonyl (C=O) groups excluding carboxylic acids is 1. The first-order valence-corrected chi connectivity index (χ1v) is 6.64. The van der Waals surface area contributed by atoms with E-state index in [-0.39, 0.29) is 11.5 Å². The Bertz CT molecular complexity index is 649. The molecule has 0 spiro atoms. The lowest BCUT2D eigenvalue weighted by atomic mass is 10.1. The number of nitrogens with zero attached hydrogens (tertiary/aromatic N) is 1. The quantitative estimate of drug-likeness (QED) is 0.867. The number of hydrogen-bond acceptors (Lipinski definition) is 2. The van der Waals surface area contributed by atoms with E-state index in [0.717, 1.165) is 18.2 Å². The number of rotatable bonds is 3. The Labute approximate surface area is 123 Å². The molecule has 1 aromatic carbocycles. The van der Waals surface area contributed by atoms with Crippen LogP contribution in [0.2, 0.25) is 0 Å². The predicted molar refractivity (Wildman–Crippen MR) is 74.2 cm³/mol. The highest BCUT2D eigenvalue weighted by Gasteiger charge is 2.15. The molecule has 6 heteroatoms. The second kappa shape index (κ2) is 6.09. The number of amides is 1. The van der Waals surface area contributed by atoms with Crippen LogP contribution in [-0.4, -0.2) is 10.9 Å². The topological polar surface area (TPSA) is 42.0 Å². The van der Waals surface area contributed by atoms with E-state index in [9.17, 15) is 13.6 Å². The molecule has 0 aliphatic carbocycles. The number of nitrogens with one attached hydrogen (secondary N) is 1. The van der Waals surface area contributed by atoms with E-state index in [1.54, 1.807) is 13.0 Å². The Morgan fingerprint density at radius 3 is 2.75 bits per heavy atom. The van der Waals surface area contributed by atoms with Crippen LogP contribution >= 0.6 is 15.9 Å². The summed E-state index contributed by atoms with van der Waals surface area (Å²) in [6.07, 6.45) is 1.48. The molecule has 1 amide bonds. The zero-order valence-corrected chi connectivity index (χ0v) is 12.1. The van der Waals surface area contributed by atoms with E-state index in [1.165, 1.54) is 12.3 Å². The summed E-state index contributed by atoms with van der Waals surface area (Å²) < 4.78 is 27.3. The zero-order chi connectivity index (χ0) is 14.7. The van der Waals surface area contributed by atoms with Crippen molar-refractivity contribution in [2.24, 2.45) is 0 Å². The van der Waals surface area contributed by atoms with Gasteiger partial charge in [-0.2, -0.15) is 0 Å². The molecule has 1 unspecified atom stereocenters. The van der Waals surface area contributed by atoms with Crippen LogP contribution in [0.4, 0.5) is 8.78 Å². The van der Waals surface area contributed by atoms with Crippen LogP contribution in [0.1, 0.15) is 28.9 Å². The summed E-state index contributed by atoms with van der Waals surface area (Å²) in [4.78, 5) is 15.9. The minimum Gasteiger partial charge on any atom is -0.345 e. The van der Waals surface area contributed by atoms with Gasteiger partial charge in [-0.1, -0.05) is 0 Å². The Balaban J connectivity index is 2.17. The van der Waals surface area contributed by atoms with Crippen LogP contribution in [0.5, 0.6) is 0 Å². The molecule has 3 nitrogen and oxygen atoms in total. The lowest BCUT2D eigenvalue weighted by Crippen LogP contribution is -2.27. The van der Waals surface area contributed by atoms with Crippen LogP contribution in [0.3, 0.4) is 0 Å². The Kier molecular flexibility index (Phi) is 4.44. The van der Waals surface area contributed by atoms with Gasteiger partial charge in [0.25, 0.3) is 5.91 Å². The van der Waals surface area contributed by atoms with Gasteiger partial charge >= 0.3 is 0 Å². The van der Waals surface area contributed by atoms with Crippen LogP contribution in [0.25, 0.3) is 0 Å². The number of benzene rings is 1. The summed E-state index contributed by atoms with van der Waals surface area (Å²) in [6, 6.07) is 5.58. The highest BCUT2D eigenvalue weighted by molar-refractivity contribution is 9.10. The number of carbonyl (C=O) groups is 1. The monoisotopic (exact) mass is 340 g/mol. The van der Waals surface area contributed by atoms with Crippen LogP contribution < -0.4 is 5.32 Å². The van der Waals surface area contributed by atoms with Gasteiger partial charge in [0.2, 0.25) is 0 Å². The van der Waals surface area contributed by atoms with Gasteiger partial charge in [0.05, 0.1) is 6.04 Å². The first kappa shape index (κ1) is 14.6. The van der Waals surface area contributed by atoms with Crippen molar-refractivity contribution >= 4 is 21.8 Å². The molecule has 0 fully saturated rings. The number of halogens is 3. The molecule has 0 aliphatic heterocycles. The smallest absolute Gasteiger partial charge is 0.251 e. The van der Waals surface area contributed by atoms with Crippen molar-refractivity contribution in [3.8, 4) is 0 Å². The number of pyridine rings is 1. The number of aromatic nitrogens is 1. The Hall–Kier alpha value is -1.82. The van der Waals surface area contributed by atoms with Crippen molar-refractivity contribution in [1.82, 2.24) is 10.3 Å². The largest absolute Gasteiger partial charge is 0.345 e. The SMILES string of the molecule is CC(NC(=O)c1ccnc(Br)c1)c1cc(F)ccc1F. The third kappa shape index (κ3) is 3.39.